The van der Waals surface area contributed by atoms with Gasteiger partial charge in [-0.15, -0.1) is 11.6 Å². The molecule has 0 aromatic carbocycles. The molecule has 1 rings (SSSR count). The lowest BCUT2D eigenvalue weighted by Crippen LogP contribution is -2.33. The molecule has 0 spiro atoms. The average molecular weight is 201 g/mol. The van der Waals surface area contributed by atoms with Gasteiger partial charge >= 0.3 is 0 Å². The number of carbonyl (C=O) groups excluding carboxylic acids is 1. The van der Waals surface area contributed by atoms with Gasteiger partial charge in [0, 0.05) is 18.9 Å². The maximum Gasteiger partial charge on any atom is 0.156 e. The van der Waals surface area contributed by atoms with Crippen LogP contribution in [0.3, 0.4) is 0 Å². The first-order valence-corrected chi connectivity index (χ1v) is 4.87. The normalized spacial score (nSPS) is 26.2. The predicted octanol–water partition coefficient (Wildman–Crippen LogP) is 2.09. The van der Waals surface area contributed by atoms with Crippen molar-refractivity contribution in [1.82, 2.24) is 0 Å². The monoisotopic (exact) mass is 200 g/mol. The van der Waals surface area contributed by atoms with Crippen molar-refractivity contribution in [1.29, 1.82) is 0 Å². The molecule has 13 heavy (non-hydrogen) atoms. The van der Waals surface area contributed by atoms with Crippen LogP contribution in [0, 0.1) is 0 Å². The third kappa shape index (κ3) is 2.98. The number of allylic oxidation sites excluding steroid dienone is 2. The first-order valence-electron chi connectivity index (χ1n) is 4.33. The van der Waals surface area contributed by atoms with Crippen LogP contribution < -0.4 is 0 Å². The fourth-order valence-corrected chi connectivity index (χ4v) is 1.27. The second-order valence-corrected chi connectivity index (χ2v) is 3.33. The third-order valence-electron chi connectivity index (χ3n) is 1.91. The number of rotatable bonds is 5. The Morgan fingerprint density at radius 1 is 1.54 bits per heavy atom. The molecule has 0 saturated carbocycles. The highest BCUT2D eigenvalue weighted by molar-refractivity contribution is 6.17. The number of hydrogen-bond donors (Lipinski definition) is 0. The van der Waals surface area contributed by atoms with Gasteiger partial charge in [-0.05, 0) is 12.5 Å². The first kappa shape index (κ1) is 10.5. The van der Waals surface area contributed by atoms with E-state index in [2.05, 4.69) is 0 Å². The van der Waals surface area contributed by atoms with Gasteiger partial charge in [0.25, 0.3) is 0 Å². The summed E-state index contributed by atoms with van der Waals surface area (Å²) in [6.45, 7) is 0.528. The van der Waals surface area contributed by atoms with Crippen LogP contribution in [0.15, 0.2) is 24.3 Å². The molecule has 0 fully saturated rings. The summed E-state index contributed by atoms with van der Waals surface area (Å²) in [5.41, 5.74) is -0.735. The second kappa shape index (κ2) is 5.20. The van der Waals surface area contributed by atoms with Crippen LogP contribution in [-0.2, 0) is 9.53 Å². The number of hydrogen-bond acceptors (Lipinski definition) is 2. The minimum Gasteiger partial charge on any atom is -0.363 e. The fourth-order valence-electron chi connectivity index (χ4n) is 1.16. The van der Waals surface area contributed by atoms with Crippen molar-refractivity contribution in [3.05, 3.63) is 24.3 Å². The fraction of sp³-hybridized carbons (Fsp3) is 0.500. The summed E-state index contributed by atoms with van der Waals surface area (Å²) in [4.78, 5) is 10.8. The van der Waals surface area contributed by atoms with E-state index in [0.29, 0.717) is 18.9 Å². The van der Waals surface area contributed by atoms with Crippen LogP contribution in [0.5, 0.6) is 0 Å². The van der Waals surface area contributed by atoms with Crippen molar-refractivity contribution in [3.63, 3.8) is 0 Å². The highest BCUT2D eigenvalue weighted by Gasteiger charge is 2.26. The van der Waals surface area contributed by atoms with E-state index in [0.717, 1.165) is 12.7 Å². The van der Waals surface area contributed by atoms with Crippen molar-refractivity contribution in [3.8, 4) is 0 Å². The molecule has 1 aliphatic rings. The van der Waals surface area contributed by atoms with Gasteiger partial charge in [-0.1, -0.05) is 18.2 Å². The van der Waals surface area contributed by atoms with E-state index in [1.165, 1.54) is 0 Å². The zero-order valence-electron chi connectivity index (χ0n) is 7.41. The lowest BCUT2D eigenvalue weighted by Gasteiger charge is -2.25. The topological polar surface area (TPSA) is 26.3 Å². The molecule has 1 atom stereocenters. The summed E-state index contributed by atoms with van der Waals surface area (Å²) < 4.78 is 5.47. The van der Waals surface area contributed by atoms with Crippen molar-refractivity contribution < 1.29 is 9.53 Å². The lowest BCUT2D eigenvalue weighted by atomic mass is 9.97. The zero-order chi connectivity index (χ0) is 9.57. The summed E-state index contributed by atoms with van der Waals surface area (Å²) in [7, 11) is 0. The summed E-state index contributed by atoms with van der Waals surface area (Å²) in [6.07, 6.45) is 9.69. The molecule has 0 aromatic rings. The zero-order valence-corrected chi connectivity index (χ0v) is 8.17. The highest BCUT2D eigenvalue weighted by Crippen LogP contribution is 2.20. The van der Waals surface area contributed by atoms with Crippen molar-refractivity contribution in [2.45, 2.75) is 18.4 Å². The Morgan fingerprint density at radius 2 is 2.38 bits per heavy atom. The molecule has 0 aliphatic heterocycles. The quantitative estimate of drug-likeness (QED) is 0.386. The molecule has 0 aromatic heterocycles. The van der Waals surface area contributed by atoms with Gasteiger partial charge in [0.15, 0.2) is 6.29 Å². The Balaban J connectivity index is 2.45. The van der Waals surface area contributed by atoms with Gasteiger partial charge in [-0.25, -0.2) is 0 Å². The van der Waals surface area contributed by atoms with Gasteiger partial charge in [0.05, 0.1) is 0 Å². The molecule has 0 amide bonds. The minimum atomic E-state index is -0.735. The van der Waals surface area contributed by atoms with E-state index in [4.69, 9.17) is 16.3 Å². The van der Waals surface area contributed by atoms with Crippen LogP contribution in [0.4, 0.5) is 0 Å². The van der Waals surface area contributed by atoms with Crippen molar-refractivity contribution in [2.75, 3.05) is 12.5 Å². The summed E-state index contributed by atoms with van der Waals surface area (Å²) in [6, 6.07) is 0. The smallest absolute Gasteiger partial charge is 0.156 e. The Kier molecular flexibility index (Phi) is 4.19. The standard InChI is InChI=1S/C10H13ClO2/c11-7-4-8-13-10(9-12)5-2-1-3-6-10/h1-3,5,9H,4,6-8H2. The number of aldehydes is 1. The summed E-state index contributed by atoms with van der Waals surface area (Å²) in [5, 5.41) is 0. The van der Waals surface area contributed by atoms with Crippen LogP contribution >= 0.6 is 11.6 Å². The summed E-state index contributed by atoms with van der Waals surface area (Å²) in [5.74, 6) is 0.564. The lowest BCUT2D eigenvalue weighted by molar-refractivity contribution is -0.125. The average Bonchev–Trinajstić information content (AvgIpc) is 2.20. The molecule has 1 unspecified atom stereocenters. The molecule has 72 valence electrons. The van der Waals surface area contributed by atoms with Gasteiger partial charge in [0.2, 0.25) is 0 Å². The molecule has 0 N–H and O–H groups in total. The Morgan fingerprint density at radius 3 is 2.92 bits per heavy atom. The second-order valence-electron chi connectivity index (χ2n) is 2.96. The molecule has 2 nitrogen and oxygen atoms in total. The number of halogens is 1. The Bertz CT molecular complexity index is 223. The Hall–Kier alpha value is -0.600. The molecule has 0 saturated heterocycles. The molecular weight excluding hydrogens is 188 g/mol. The van der Waals surface area contributed by atoms with E-state index in [-0.39, 0.29) is 0 Å². The molecule has 0 bridgehead atoms. The van der Waals surface area contributed by atoms with Crippen LogP contribution in [0.2, 0.25) is 0 Å². The van der Waals surface area contributed by atoms with Crippen LogP contribution in [0.1, 0.15) is 12.8 Å². The van der Waals surface area contributed by atoms with Crippen molar-refractivity contribution >= 4 is 17.9 Å². The van der Waals surface area contributed by atoms with E-state index >= 15 is 0 Å². The third-order valence-corrected chi connectivity index (χ3v) is 2.18. The molecule has 1 aliphatic carbocycles. The maximum absolute atomic E-state index is 10.8. The Labute approximate surface area is 83.2 Å². The number of carbonyl (C=O) groups is 1. The number of ether oxygens (including phenoxy) is 1. The largest absolute Gasteiger partial charge is 0.363 e. The summed E-state index contributed by atoms with van der Waals surface area (Å²) >= 11 is 5.51. The van der Waals surface area contributed by atoms with E-state index in [9.17, 15) is 4.79 Å². The van der Waals surface area contributed by atoms with Crippen LogP contribution in [0.25, 0.3) is 0 Å². The first-order chi connectivity index (χ1) is 6.33. The predicted molar refractivity (Wildman–Crippen MR) is 53.0 cm³/mol. The minimum absolute atomic E-state index is 0.528. The van der Waals surface area contributed by atoms with Gasteiger partial charge in [-0.2, -0.15) is 0 Å². The molecule has 3 heteroatoms. The maximum atomic E-state index is 10.8. The van der Waals surface area contributed by atoms with Gasteiger partial charge in [-0.3, -0.25) is 4.79 Å². The van der Waals surface area contributed by atoms with Gasteiger partial charge in [0.1, 0.15) is 5.60 Å². The molecule has 0 radical (unpaired) electrons. The van der Waals surface area contributed by atoms with Crippen molar-refractivity contribution in [2.24, 2.45) is 0 Å². The molecular formula is C10H13ClO2. The van der Waals surface area contributed by atoms with E-state index < -0.39 is 5.60 Å². The van der Waals surface area contributed by atoms with E-state index in [1.807, 2.05) is 18.2 Å². The van der Waals surface area contributed by atoms with Crippen LogP contribution in [-0.4, -0.2) is 24.4 Å². The number of alkyl halides is 1. The highest BCUT2D eigenvalue weighted by atomic mass is 35.5. The van der Waals surface area contributed by atoms with E-state index in [1.54, 1.807) is 6.08 Å². The van der Waals surface area contributed by atoms with Gasteiger partial charge < -0.3 is 4.74 Å². The molecule has 0 heterocycles. The SMILES string of the molecule is O=CC1(OCCCCl)C=CC=CC1.